The quantitative estimate of drug-likeness (QED) is 0.829. The number of hydrogen-bond acceptors (Lipinski definition) is 5. The third-order valence-electron chi connectivity index (χ3n) is 1.78. The van der Waals surface area contributed by atoms with E-state index in [1.54, 1.807) is 26.8 Å². The van der Waals surface area contributed by atoms with Crippen LogP contribution in [0.2, 0.25) is 0 Å². The lowest BCUT2D eigenvalue weighted by Crippen LogP contribution is -2.32. The maximum atomic E-state index is 11.3. The van der Waals surface area contributed by atoms with E-state index in [2.05, 4.69) is 10.5 Å². The Morgan fingerprint density at radius 1 is 1.59 bits per heavy atom. The van der Waals surface area contributed by atoms with Gasteiger partial charge in [-0.25, -0.2) is 4.79 Å². The van der Waals surface area contributed by atoms with Gasteiger partial charge in [0.05, 0.1) is 12.2 Å². The minimum Gasteiger partial charge on any atom is -0.444 e. The molecule has 6 nitrogen and oxygen atoms in total. The van der Waals surface area contributed by atoms with Gasteiger partial charge in [-0.05, 0) is 20.8 Å². The third kappa shape index (κ3) is 5.35. The second kappa shape index (κ2) is 5.67. The second-order valence-corrected chi connectivity index (χ2v) is 4.61. The Morgan fingerprint density at radius 2 is 2.29 bits per heavy atom. The first kappa shape index (κ1) is 13.5. The van der Waals surface area contributed by atoms with Gasteiger partial charge in [-0.1, -0.05) is 5.16 Å². The molecular formula is C11H18N2O4. The molecule has 0 radical (unpaired) electrons. The van der Waals surface area contributed by atoms with Crippen molar-refractivity contribution in [2.45, 2.75) is 39.3 Å². The van der Waals surface area contributed by atoms with E-state index in [-0.39, 0.29) is 13.2 Å². The van der Waals surface area contributed by atoms with Crippen molar-refractivity contribution < 1.29 is 19.2 Å². The lowest BCUT2D eigenvalue weighted by molar-refractivity contribution is 0.0519. The topological polar surface area (TPSA) is 84.6 Å². The van der Waals surface area contributed by atoms with Crippen molar-refractivity contribution in [1.82, 2.24) is 10.5 Å². The molecule has 0 unspecified atom stereocenters. The monoisotopic (exact) mass is 242 g/mol. The standard InChI is InChI=1S/C11H18N2O4/c1-11(2,3)16-10(15)12-7-9-6-8(4-5-14)13-17-9/h6,14H,4-5,7H2,1-3H3,(H,12,15). The second-order valence-electron chi connectivity index (χ2n) is 4.61. The van der Waals surface area contributed by atoms with E-state index in [9.17, 15) is 4.79 Å². The average Bonchev–Trinajstić information content (AvgIpc) is 2.61. The predicted molar refractivity (Wildman–Crippen MR) is 60.4 cm³/mol. The summed E-state index contributed by atoms with van der Waals surface area (Å²) < 4.78 is 10.0. The summed E-state index contributed by atoms with van der Waals surface area (Å²) in [5.41, 5.74) is 0.140. The fourth-order valence-electron chi connectivity index (χ4n) is 1.14. The third-order valence-corrected chi connectivity index (χ3v) is 1.78. The molecule has 0 saturated carbocycles. The van der Waals surface area contributed by atoms with Gasteiger partial charge in [-0.2, -0.15) is 0 Å². The van der Waals surface area contributed by atoms with E-state index >= 15 is 0 Å². The lowest BCUT2D eigenvalue weighted by atomic mass is 10.2. The van der Waals surface area contributed by atoms with Crippen LogP contribution in [-0.2, 0) is 17.7 Å². The highest BCUT2D eigenvalue weighted by Gasteiger charge is 2.16. The fourth-order valence-corrected chi connectivity index (χ4v) is 1.14. The summed E-state index contributed by atoms with van der Waals surface area (Å²) >= 11 is 0. The molecule has 0 fully saturated rings. The molecule has 1 amide bonds. The number of ether oxygens (including phenoxy) is 1. The number of nitrogens with zero attached hydrogens (tertiary/aromatic N) is 1. The van der Waals surface area contributed by atoms with Crippen molar-refractivity contribution in [3.63, 3.8) is 0 Å². The predicted octanol–water partition coefficient (Wildman–Crippen LogP) is 1.23. The van der Waals surface area contributed by atoms with Crippen LogP contribution >= 0.6 is 0 Å². The maximum absolute atomic E-state index is 11.3. The molecule has 1 rings (SSSR count). The van der Waals surface area contributed by atoms with Crippen molar-refractivity contribution in [3.8, 4) is 0 Å². The minimum atomic E-state index is -0.520. The van der Waals surface area contributed by atoms with Crippen LogP contribution in [0.1, 0.15) is 32.2 Å². The Bertz CT molecular complexity index is 368. The Labute approximate surface area is 99.9 Å². The van der Waals surface area contributed by atoms with Gasteiger partial charge in [-0.15, -0.1) is 0 Å². The molecule has 0 saturated heterocycles. The van der Waals surface area contributed by atoms with Gasteiger partial charge in [0.15, 0.2) is 5.76 Å². The summed E-state index contributed by atoms with van der Waals surface area (Å²) in [5.74, 6) is 0.527. The summed E-state index contributed by atoms with van der Waals surface area (Å²) in [6, 6.07) is 1.69. The number of amides is 1. The van der Waals surface area contributed by atoms with E-state index in [0.717, 1.165) is 0 Å². The Balaban J connectivity index is 2.37. The highest BCUT2D eigenvalue weighted by Crippen LogP contribution is 2.07. The molecule has 1 aromatic heterocycles. The molecule has 96 valence electrons. The van der Waals surface area contributed by atoms with Crippen molar-refractivity contribution in [2.24, 2.45) is 0 Å². The van der Waals surface area contributed by atoms with Crippen LogP contribution in [0.25, 0.3) is 0 Å². The van der Waals surface area contributed by atoms with Crippen molar-refractivity contribution in [3.05, 3.63) is 17.5 Å². The van der Waals surface area contributed by atoms with E-state index in [1.165, 1.54) is 0 Å². The minimum absolute atomic E-state index is 0.0193. The zero-order chi connectivity index (χ0) is 12.9. The van der Waals surface area contributed by atoms with E-state index in [0.29, 0.717) is 17.9 Å². The molecular weight excluding hydrogens is 224 g/mol. The molecule has 2 N–H and O–H groups in total. The zero-order valence-electron chi connectivity index (χ0n) is 10.3. The molecule has 0 aliphatic rings. The van der Waals surface area contributed by atoms with E-state index < -0.39 is 11.7 Å². The molecule has 0 atom stereocenters. The molecule has 0 aliphatic heterocycles. The molecule has 1 heterocycles. The van der Waals surface area contributed by atoms with Gasteiger partial charge in [-0.3, -0.25) is 0 Å². The molecule has 0 aromatic carbocycles. The number of aromatic nitrogens is 1. The first-order chi connectivity index (χ1) is 7.90. The van der Waals surface area contributed by atoms with Crippen LogP contribution in [0.15, 0.2) is 10.6 Å². The van der Waals surface area contributed by atoms with Gasteiger partial charge in [0.25, 0.3) is 0 Å². The van der Waals surface area contributed by atoms with Crippen molar-refractivity contribution in [1.29, 1.82) is 0 Å². The van der Waals surface area contributed by atoms with Gasteiger partial charge in [0, 0.05) is 19.1 Å². The largest absolute Gasteiger partial charge is 0.444 e. The van der Waals surface area contributed by atoms with Gasteiger partial charge < -0.3 is 19.7 Å². The number of hydrogen-bond donors (Lipinski definition) is 2. The summed E-state index contributed by atoms with van der Waals surface area (Å²) in [5, 5.41) is 15.0. The van der Waals surface area contributed by atoms with Crippen LogP contribution in [-0.4, -0.2) is 28.6 Å². The lowest BCUT2D eigenvalue weighted by Gasteiger charge is -2.19. The molecule has 0 aliphatic carbocycles. The maximum Gasteiger partial charge on any atom is 0.408 e. The Morgan fingerprint density at radius 3 is 2.88 bits per heavy atom. The molecule has 0 spiro atoms. The Hall–Kier alpha value is -1.56. The molecule has 17 heavy (non-hydrogen) atoms. The van der Waals surface area contributed by atoms with Crippen molar-refractivity contribution >= 4 is 6.09 Å². The highest BCUT2D eigenvalue weighted by atomic mass is 16.6. The van der Waals surface area contributed by atoms with Crippen LogP contribution in [0.3, 0.4) is 0 Å². The first-order valence-corrected chi connectivity index (χ1v) is 5.43. The number of rotatable bonds is 4. The van der Waals surface area contributed by atoms with Crippen LogP contribution in [0.5, 0.6) is 0 Å². The van der Waals surface area contributed by atoms with Gasteiger partial charge >= 0.3 is 6.09 Å². The molecule has 6 heteroatoms. The summed E-state index contributed by atoms with van der Waals surface area (Å²) in [6.07, 6.45) is -0.0618. The number of carbonyl (C=O) groups excluding carboxylic acids is 1. The van der Waals surface area contributed by atoms with Gasteiger partial charge in [0.1, 0.15) is 5.60 Å². The van der Waals surface area contributed by atoms with E-state index in [4.69, 9.17) is 14.4 Å². The highest BCUT2D eigenvalue weighted by molar-refractivity contribution is 5.67. The molecule has 0 bridgehead atoms. The zero-order valence-corrected chi connectivity index (χ0v) is 10.3. The Kier molecular flexibility index (Phi) is 4.51. The number of carbonyl (C=O) groups is 1. The van der Waals surface area contributed by atoms with Crippen LogP contribution < -0.4 is 5.32 Å². The number of aliphatic hydroxyl groups is 1. The SMILES string of the molecule is CC(C)(C)OC(=O)NCc1cc(CCO)no1. The van der Waals surface area contributed by atoms with Gasteiger partial charge in [0.2, 0.25) is 0 Å². The normalized spacial score (nSPS) is 11.3. The summed E-state index contributed by atoms with van der Waals surface area (Å²) in [4.78, 5) is 11.3. The number of aliphatic hydroxyl groups excluding tert-OH is 1. The molecule has 1 aromatic rings. The average molecular weight is 242 g/mol. The number of nitrogens with one attached hydrogen (secondary N) is 1. The summed E-state index contributed by atoms with van der Waals surface area (Å²) in [6.45, 7) is 5.61. The number of alkyl carbamates (subject to hydrolysis) is 1. The smallest absolute Gasteiger partial charge is 0.408 e. The summed E-state index contributed by atoms with van der Waals surface area (Å²) in [7, 11) is 0. The first-order valence-electron chi connectivity index (χ1n) is 5.43. The fraction of sp³-hybridized carbons (Fsp3) is 0.636. The van der Waals surface area contributed by atoms with Crippen molar-refractivity contribution in [2.75, 3.05) is 6.61 Å². The van der Waals surface area contributed by atoms with Crippen LogP contribution in [0.4, 0.5) is 4.79 Å². The van der Waals surface area contributed by atoms with Crippen LogP contribution in [0, 0.1) is 0 Å². The van der Waals surface area contributed by atoms with E-state index in [1.807, 2.05) is 0 Å².